The van der Waals surface area contributed by atoms with Crippen molar-refractivity contribution < 1.29 is 9.53 Å². The molecule has 2 aliphatic rings. The molecule has 138 valence electrons. The number of aromatic nitrogens is 1. The predicted molar refractivity (Wildman–Crippen MR) is 99.8 cm³/mol. The van der Waals surface area contributed by atoms with E-state index in [1.807, 2.05) is 37.9 Å². The molecule has 0 aromatic carbocycles. The van der Waals surface area contributed by atoms with Gasteiger partial charge in [-0.2, -0.15) is 0 Å². The number of hydrogen-bond donors (Lipinski definition) is 0. The lowest BCUT2D eigenvalue weighted by Crippen LogP contribution is -2.42. The Balaban J connectivity index is 1.86. The Morgan fingerprint density at radius 3 is 2.56 bits per heavy atom. The van der Waals surface area contributed by atoms with Crippen LogP contribution in [-0.2, 0) is 4.74 Å². The van der Waals surface area contributed by atoms with Gasteiger partial charge >= 0.3 is 6.09 Å². The fourth-order valence-corrected chi connectivity index (χ4v) is 3.83. The molecule has 0 aliphatic carbocycles. The Bertz CT molecular complexity index is 591. The SMILES string of the molecule is CC(C)(C)OC(=O)N1CCCC[C@H]1c1cccnc1N1CCCCC1. The average molecular weight is 345 g/mol. The number of piperidine rings is 2. The molecule has 3 rings (SSSR count). The van der Waals surface area contributed by atoms with E-state index in [0.717, 1.165) is 44.7 Å². The number of rotatable bonds is 2. The molecule has 1 amide bonds. The lowest BCUT2D eigenvalue weighted by Gasteiger charge is -2.39. The summed E-state index contributed by atoms with van der Waals surface area (Å²) in [5.41, 5.74) is 0.707. The standard InChI is InChI=1S/C20H31N3O2/c1-20(2,3)25-19(24)23-15-8-5-11-17(23)16-10-9-12-21-18(16)22-13-6-4-7-14-22/h9-10,12,17H,4-8,11,13-15H2,1-3H3/t17-/m0/s1. The van der Waals surface area contributed by atoms with Gasteiger partial charge in [0.2, 0.25) is 0 Å². The van der Waals surface area contributed by atoms with Gasteiger partial charge < -0.3 is 14.5 Å². The van der Waals surface area contributed by atoms with Crippen LogP contribution in [-0.4, -0.2) is 41.2 Å². The highest BCUT2D eigenvalue weighted by Gasteiger charge is 2.33. The van der Waals surface area contributed by atoms with E-state index < -0.39 is 5.60 Å². The van der Waals surface area contributed by atoms with Crippen molar-refractivity contribution in [3.05, 3.63) is 23.9 Å². The highest BCUT2D eigenvalue weighted by Crippen LogP contribution is 2.37. The summed E-state index contributed by atoms with van der Waals surface area (Å²) < 4.78 is 5.67. The first-order chi connectivity index (χ1) is 12.0. The lowest BCUT2D eigenvalue weighted by atomic mass is 9.95. The number of likely N-dealkylation sites (tertiary alicyclic amines) is 1. The number of anilines is 1. The Kier molecular flexibility index (Phi) is 5.50. The second-order valence-corrected chi connectivity index (χ2v) is 8.15. The molecule has 0 unspecified atom stereocenters. The molecule has 2 aliphatic heterocycles. The summed E-state index contributed by atoms with van der Waals surface area (Å²) in [4.78, 5) is 21.8. The maximum atomic E-state index is 12.8. The summed E-state index contributed by atoms with van der Waals surface area (Å²) in [6.45, 7) is 8.65. The molecule has 3 heterocycles. The monoisotopic (exact) mass is 345 g/mol. The van der Waals surface area contributed by atoms with Crippen molar-refractivity contribution in [3.63, 3.8) is 0 Å². The van der Waals surface area contributed by atoms with Crippen LogP contribution in [0.25, 0.3) is 0 Å². The minimum atomic E-state index is -0.469. The van der Waals surface area contributed by atoms with Crippen molar-refractivity contribution in [1.82, 2.24) is 9.88 Å². The van der Waals surface area contributed by atoms with Crippen LogP contribution in [0.1, 0.15) is 70.9 Å². The number of pyridine rings is 1. The van der Waals surface area contributed by atoms with Crippen LogP contribution >= 0.6 is 0 Å². The predicted octanol–water partition coefficient (Wildman–Crippen LogP) is 4.53. The van der Waals surface area contributed by atoms with Gasteiger partial charge in [-0.15, -0.1) is 0 Å². The van der Waals surface area contributed by atoms with Crippen LogP contribution < -0.4 is 4.90 Å². The largest absolute Gasteiger partial charge is 0.444 e. The summed E-state index contributed by atoms with van der Waals surface area (Å²) >= 11 is 0. The van der Waals surface area contributed by atoms with Crippen LogP contribution in [0, 0.1) is 0 Å². The van der Waals surface area contributed by atoms with E-state index in [1.165, 1.54) is 24.8 Å². The second-order valence-electron chi connectivity index (χ2n) is 8.15. The van der Waals surface area contributed by atoms with Gasteiger partial charge in [-0.25, -0.2) is 9.78 Å². The quantitative estimate of drug-likeness (QED) is 0.790. The maximum absolute atomic E-state index is 12.8. The number of carbonyl (C=O) groups excluding carboxylic acids is 1. The number of ether oxygens (including phenoxy) is 1. The van der Waals surface area contributed by atoms with Gasteiger partial charge in [0.1, 0.15) is 11.4 Å². The van der Waals surface area contributed by atoms with Crippen molar-refractivity contribution in [2.45, 2.75) is 70.9 Å². The summed E-state index contributed by atoms with van der Waals surface area (Å²) in [6, 6.07) is 4.20. The molecule has 0 N–H and O–H groups in total. The van der Waals surface area contributed by atoms with Gasteiger partial charge in [-0.05, 0) is 65.4 Å². The molecule has 0 radical (unpaired) electrons. The molecule has 0 spiro atoms. The molecule has 1 atom stereocenters. The topological polar surface area (TPSA) is 45.7 Å². The molecule has 2 fully saturated rings. The summed E-state index contributed by atoms with van der Waals surface area (Å²) in [5.74, 6) is 1.06. The van der Waals surface area contributed by atoms with E-state index in [4.69, 9.17) is 9.72 Å². The van der Waals surface area contributed by atoms with Crippen molar-refractivity contribution in [2.24, 2.45) is 0 Å². The van der Waals surface area contributed by atoms with E-state index in [9.17, 15) is 4.79 Å². The van der Waals surface area contributed by atoms with E-state index in [0.29, 0.717) is 0 Å². The van der Waals surface area contributed by atoms with Crippen molar-refractivity contribution in [3.8, 4) is 0 Å². The van der Waals surface area contributed by atoms with Crippen LogP contribution in [0.3, 0.4) is 0 Å². The van der Waals surface area contributed by atoms with Gasteiger partial charge in [-0.3, -0.25) is 0 Å². The fourth-order valence-electron chi connectivity index (χ4n) is 3.83. The Labute approximate surface area is 151 Å². The Morgan fingerprint density at radius 1 is 1.12 bits per heavy atom. The smallest absolute Gasteiger partial charge is 0.410 e. The number of hydrogen-bond acceptors (Lipinski definition) is 4. The molecular formula is C20H31N3O2. The fraction of sp³-hybridized carbons (Fsp3) is 0.700. The molecule has 1 aromatic rings. The third kappa shape index (κ3) is 4.44. The lowest BCUT2D eigenvalue weighted by molar-refractivity contribution is 0.00954. The Morgan fingerprint density at radius 2 is 1.84 bits per heavy atom. The van der Waals surface area contributed by atoms with Crippen LogP contribution in [0.2, 0.25) is 0 Å². The van der Waals surface area contributed by atoms with E-state index >= 15 is 0 Å². The van der Waals surface area contributed by atoms with Crippen molar-refractivity contribution >= 4 is 11.9 Å². The maximum Gasteiger partial charge on any atom is 0.410 e. The van der Waals surface area contributed by atoms with Gasteiger partial charge in [0.15, 0.2) is 0 Å². The summed E-state index contributed by atoms with van der Waals surface area (Å²) in [7, 11) is 0. The molecule has 0 bridgehead atoms. The molecule has 2 saturated heterocycles. The molecular weight excluding hydrogens is 314 g/mol. The third-order valence-electron chi connectivity index (χ3n) is 4.96. The summed E-state index contributed by atoms with van der Waals surface area (Å²) in [5, 5.41) is 0. The van der Waals surface area contributed by atoms with E-state index in [1.54, 1.807) is 0 Å². The average Bonchev–Trinajstić information content (AvgIpc) is 2.61. The molecule has 5 nitrogen and oxygen atoms in total. The third-order valence-corrected chi connectivity index (χ3v) is 4.96. The molecule has 25 heavy (non-hydrogen) atoms. The van der Waals surface area contributed by atoms with Gasteiger partial charge in [0.05, 0.1) is 6.04 Å². The zero-order valence-electron chi connectivity index (χ0n) is 15.8. The first-order valence-corrected chi connectivity index (χ1v) is 9.65. The van der Waals surface area contributed by atoms with Crippen molar-refractivity contribution in [2.75, 3.05) is 24.5 Å². The Hall–Kier alpha value is -1.78. The highest BCUT2D eigenvalue weighted by molar-refractivity contribution is 5.69. The van der Waals surface area contributed by atoms with Gasteiger partial charge in [0, 0.05) is 31.4 Å². The number of carbonyl (C=O) groups is 1. The molecule has 0 saturated carbocycles. The summed E-state index contributed by atoms with van der Waals surface area (Å²) in [6.07, 6.45) is 8.55. The molecule has 5 heteroatoms. The van der Waals surface area contributed by atoms with Crippen molar-refractivity contribution in [1.29, 1.82) is 0 Å². The van der Waals surface area contributed by atoms with Crippen LogP contribution in [0.4, 0.5) is 10.6 Å². The minimum absolute atomic E-state index is 0.0641. The number of amides is 1. The first kappa shape index (κ1) is 18.0. The van der Waals surface area contributed by atoms with Gasteiger partial charge in [0.25, 0.3) is 0 Å². The van der Waals surface area contributed by atoms with E-state index in [-0.39, 0.29) is 12.1 Å². The second kappa shape index (κ2) is 7.63. The highest BCUT2D eigenvalue weighted by atomic mass is 16.6. The zero-order valence-corrected chi connectivity index (χ0v) is 15.8. The minimum Gasteiger partial charge on any atom is -0.444 e. The zero-order chi connectivity index (χ0) is 17.9. The normalized spacial score (nSPS) is 22.0. The first-order valence-electron chi connectivity index (χ1n) is 9.65. The van der Waals surface area contributed by atoms with E-state index in [2.05, 4.69) is 11.0 Å². The molecule has 1 aromatic heterocycles. The van der Waals surface area contributed by atoms with Crippen LogP contribution in [0.15, 0.2) is 18.3 Å². The van der Waals surface area contributed by atoms with Crippen LogP contribution in [0.5, 0.6) is 0 Å². The van der Waals surface area contributed by atoms with Gasteiger partial charge in [-0.1, -0.05) is 6.07 Å². The number of nitrogens with zero attached hydrogens (tertiary/aromatic N) is 3.